The minimum atomic E-state index is 0.435. The van der Waals surface area contributed by atoms with E-state index in [4.69, 9.17) is 0 Å². The van der Waals surface area contributed by atoms with Crippen LogP contribution in [0, 0.1) is 12.8 Å². The number of likely N-dealkylation sites (N-methyl/N-ethyl adjacent to an activating group) is 2. The van der Waals surface area contributed by atoms with Crippen LogP contribution in [0.25, 0.3) is 0 Å². The topological polar surface area (TPSA) is 15.3 Å². The van der Waals surface area contributed by atoms with Crippen molar-refractivity contribution < 1.29 is 0 Å². The predicted octanol–water partition coefficient (Wildman–Crippen LogP) is 3.77. The van der Waals surface area contributed by atoms with Crippen LogP contribution < -0.4 is 5.32 Å². The van der Waals surface area contributed by atoms with Gasteiger partial charge in [-0.3, -0.25) is 0 Å². The molecule has 112 valence electrons. The molecule has 0 amide bonds. The fourth-order valence-electron chi connectivity index (χ4n) is 3.52. The number of hydrogen-bond acceptors (Lipinski definition) is 2. The summed E-state index contributed by atoms with van der Waals surface area (Å²) in [5, 5.41) is 3.49. The summed E-state index contributed by atoms with van der Waals surface area (Å²) in [6, 6.07) is 9.17. The molecule has 1 aromatic carbocycles. The number of nitrogens with one attached hydrogen (secondary N) is 1. The Kier molecular flexibility index (Phi) is 6.06. The third kappa shape index (κ3) is 4.32. The highest BCUT2D eigenvalue weighted by atomic mass is 15.1. The molecule has 1 atom stereocenters. The highest BCUT2D eigenvalue weighted by Crippen LogP contribution is 2.25. The third-order valence-corrected chi connectivity index (χ3v) is 4.70. The van der Waals surface area contributed by atoms with E-state index in [0.717, 1.165) is 12.5 Å². The third-order valence-electron chi connectivity index (χ3n) is 4.70. The van der Waals surface area contributed by atoms with Crippen LogP contribution >= 0.6 is 0 Å². The molecule has 1 fully saturated rings. The molecule has 20 heavy (non-hydrogen) atoms. The molecule has 1 saturated carbocycles. The Labute approximate surface area is 124 Å². The number of hydrogen-bond donors (Lipinski definition) is 1. The fourth-order valence-corrected chi connectivity index (χ4v) is 3.52. The monoisotopic (exact) mass is 274 g/mol. The van der Waals surface area contributed by atoms with Crippen LogP contribution in [0.15, 0.2) is 24.3 Å². The average molecular weight is 274 g/mol. The summed E-state index contributed by atoms with van der Waals surface area (Å²) in [4.78, 5) is 2.52. The van der Waals surface area contributed by atoms with Crippen LogP contribution in [0.5, 0.6) is 0 Å². The molecule has 0 bridgehead atoms. The maximum atomic E-state index is 3.49. The maximum absolute atomic E-state index is 3.49. The summed E-state index contributed by atoms with van der Waals surface area (Å²) in [5.41, 5.74) is 2.82. The molecule has 2 heteroatoms. The van der Waals surface area contributed by atoms with Gasteiger partial charge in [0.05, 0.1) is 0 Å². The predicted molar refractivity (Wildman–Crippen MR) is 87.1 cm³/mol. The van der Waals surface area contributed by atoms with Gasteiger partial charge in [-0.25, -0.2) is 0 Å². The Hall–Kier alpha value is -0.860. The average Bonchev–Trinajstić information content (AvgIpc) is 2.46. The molecule has 1 aliphatic carbocycles. The van der Waals surface area contributed by atoms with Crippen molar-refractivity contribution >= 4 is 0 Å². The zero-order valence-corrected chi connectivity index (χ0v) is 13.4. The zero-order valence-electron chi connectivity index (χ0n) is 13.4. The van der Waals surface area contributed by atoms with Gasteiger partial charge in [-0.1, -0.05) is 43.5 Å². The molecule has 0 spiro atoms. The minimum absolute atomic E-state index is 0.435. The van der Waals surface area contributed by atoms with Crippen molar-refractivity contribution in [3.05, 3.63) is 35.4 Å². The summed E-state index contributed by atoms with van der Waals surface area (Å²) in [6.45, 7) is 4.56. The van der Waals surface area contributed by atoms with Crippen LogP contribution in [0.1, 0.15) is 49.3 Å². The second kappa shape index (κ2) is 7.80. The molecule has 0 aromatic heterocycles. The van der Waals surface area contributed by atoms with Crippen LogP contribution in [0.2, 0.25) is 0 Å². The first kappa shape index (κ1) is 15.5. The van der Waals surface area contributed by atoms with Crippen LogP contribution in [0.3, 0.4) is 0 Å². The lowest BCUT2D eigenvalue weighted by atomic mass is 9.89. The Bertz CT molecular complexity index is 396. The van der Waals surface area contributed by atoms with E-state index in [1.165, 1.54) is 49.8 Å². The van der Waals surface area contributed by atoms with E-state index >= 15 is 0 Å². The molecule has 0 heterocycles. The van der Waals surface area contributed by atoms with Gasteiger partial charge in [0, 0.05) is 19.1 Å². The molecule has 1 aromatic rings. The molecule has 1 aliphatic rings. The number of aryl methyl sites for hydroxylation is 1. The second-order valence-electron chi connectivity index (χ2n) is 6.42. The Morgan fingerprint density at radius 2 is 1.90 bits per heavy atom. The van der Waals surface area contributed by atoms with Crippen molar-refractivity contribution in [2.75, 3.05) is 27.2 Å². The van der Waals surface area contributed by atoms with Crippen molar-refractivity contribution in [2.45, 2.75) is 45.1 Å². The van der Waals surface area contributed by atoms with Gasteiger partial charge in [-0.05, 0) is 50.9 Å². The van der Waals surface area contributed by atoms with Crippen LogP contribution in [0.4, 0.5) is 0 Å². The molecule has 0 aliphatic heterocycles. The highest BCUT2D eigenvalue weighted by Gasteiger charge is 2.18. The van der Waals surface area contributed by atoms with Gasteiger partial charge >= 0.3 is 0 Å². The first-order valence-corrected chi connectivity index (χ1v) is 8.12. The maximum Gasteiger partial charge on any atom is 0.0449 e. The Morgan fingerprint density at radius 1 is 1.20 bits per heavy atom. The quantitative estimate of drug-likeness (QED) is 0.849. The van der Waals surface area contributed by atoms with Gasteiger partial charge < -0.3 is 10.2 Å². The lowest BCUT2D eigenvalue weighted by Crippen LogP contribution is -2.35. The van der Waals surface area contributed by atoms with Gasteiger partial charge in [-0.15, -0.1) is 0 Å². The van der Waals surface area contributed by atoms with Gasteiger partial charge in [0.25, 0.3) is 0 Å². The summed E-state index contributed by atoms with van der Waals surface area (Å²) in [7, 11) is 4.35. The fraction of sp³-hybridized carbons (Fsp3) is 0.667. The Morgan fingerprint density at radius 3 is 2.55 bits per heavy atom. The van der Waals surface area contributed by atoms with E-state index < -0.39 is 0 Å². The highest BCUT2D eigenvalue weighted by molar-refractivity contribution is 5.28. The minimum Gasteiger partial charge on any atom is -0.312 e. The standard InChI is InChI=1S/C18H30N2/c1-15-9-7-8-12-17(15)18(19-2)14-20(3)13-16-10-5-4-6-11-16/h7-9,12,16,18-19H,4-6,10-11,13-14H2,1-3H3. The summed E-state index contributed by atoms with van der Waals surface area (Å²) < 4.78 is 0. The van der Waals surface area contributed by atoms with Crippen molar-refractivity contribution in [2.24, 2.45) is 5.92 Å². The molecular formula is C18H30N2. The van der Waals surface area contributed by atoms with Gasteiger partial charge in [0.15, 0.2) is 0 Å². The molecule has 0 saturated heterocycles. The largest absolute Gasteiger partial charge is 0.312 e. The van der Waals surface area contributed by atoms with Crippen molar-refractivity contribution in [1.82, 2.24) is 10.2 Å². The molecule has 0 radical (unpaired) electrons. The lowest BCUT2D eigenvalue weighted by molar-refractivity contribution is 0.218. The van der Waals surface area contributed by atoms with E-state index in [9.17, 15) is 0 Å². The van der Waals surface area contributed by atoms with E-state index in [2.05, 4.69) is 55.5 Å². The SMILES string of the molecule is CNC(CN(C)CC1CCCCC1)c1ccccc1C. The lowest BCUT2D eigenvalue weighted by Gasteiger charge is -2.30. The zero-order chi connectivity index (χ0) is 14.4. The first-order valence-electron chi connectivity index (χ1n) is 8.12. The number of nitrogens with zero attached hydrogens (tertiary/aromatic N) is 1. The molecular weight excluding hydrogens is 244 g/mol. The van der Waals surface area contributed by atoms with E-state index in [1.807, 2.05) is 0 Å². The van der Waals surface area contributed by atoms with E-state index in [1.54, 1.807) is 0 Å². The van der Waals surface area contributed by atoms with Gasteiger partial charge in [-0.2, -0.15) is 0 Å². The molecule has 1 N–H and O–H groups in total. The summed E-state index contributed by atoms with van der Waals surface area (Å²) >= 11 is 0. The van der Waals surface area contributed by atoms with Crippen molar-refractivity contribution in [1.29, 1.82) is 0 Å². The van der Waals surface area contributed by atoms with E-state index in [0.29, 0.717) is 6.04 Å². The normalized spacial score (nSPS) is 18.4. The number of rotatable bonds is 6. The first-order chi connectivity index (χ1) is 9.70. The number of benzene rings is 1. The summed E-state index contributed by atoms with van der Waals surface area (Å²) in [6.07, 6.45) is 7.18. The van der Waals surface area contributed by atoms with Gasteiger partial charge in [0.2, 0.25) is 0 Å². The van der Waals surface area contributed by atoms with Crippen LogP contribution in [-0.4, -0.2) is 32.1 Å². The van der Waals surface area contributed by atoms with Crippen molar-refractivity contribution in [3.8, 4) is 0 Å². The molecule has 2 nitrogen and oxygen atoms in total. The van der Waals surface area contributed by atoms with Crippen molar-refractivity contribution in [3.63, 3.8) is 0 Å². The second-order valence-corrected chi connectivity index (χ2v) is 6.42. The Balaban J connectivity index is 1.90. The van der Waals surface area contributed by atoms with Crippen LogP contribution in [-0.2, 0) is 0 Å². The smallest absolute Gasteiger partial charge is 0.0449 e. The molecule has 2 rings (SSSR count). The van der Waals surface area contributed by atoms with E-state index in [-0.39, 0.29) is 0 Å². The molecule has 1 unspecified atom stereocenters. The summed E-state index contributed by atoms with van der Waals surface area (Å²) in [5.74, 6) is 0.920. The van der Waals surface area contributed by atoms with Gasteiger partial charge in [0.1, 0.15) is 0 Å².